The Bertz CT molecular complexity index is 740. The van der Waals surface area contributed by atoms with Crippen molar-refractivity contribution in [2.24, 2.45) is 35.5 Å². The van der Waals surface area contributed by atoms with E-state index >= 15 is 0 Å². The SMILES string of the molecule is CCCOC(C)OC1CCC(C(CC)CC(CC(C)C2CCC(O)CC2)C2CCC(OC(=O)OC(C)(C)C)CC2)CC1. The van der Waals surface area contributed by atoms with Gasteiger partial charge in [-0.25, -0.2) is 4.79 Å². The van der Waals surface area contributed by atoms with E-state index in [2.05, 4.69) is 20.8 Å². The summed E-state index contributed by atoms with van der Waals surface area (Å²) in [6.45, 7) is 15.5. The Balaban J connectivity index is 1.58. The van der Waals surface area contributed by atoms with Gasteiger partial charge < -0.3 is 24.1 Å². The van der Waals surface area contributed by atoms with Crippen molar-refractivity contribution in [3.8, 4) is 0 Å². The molecule has 6 nitrogen and oxygen atoms in total. The van der Waals surface area contributed by atoms with Crippen LogP contribution in [-0.4, -0.2) is 48.1 Å². The number of ether oxygens (including phenoxy) is 4. The first kappa shape index (κ1) is 35.6. The fraction of sp³-hybridized carbons (Fsp3) is 0.972. The molecule has 3 fully saturated rings. The lowest BCUT2D eigenvalue weighted by Gasteiger charge is -2.41. The molecule has 0 spiro atoms. The van der Waals surface area contributed by atoms with E-state index in [-0.39, 0.29) is 18.5 Å². The van der Waals surface area contributed by atoms with Gasteiger partial charge in [0.25, 0.3) is 0 Å². The van der Waals surface area contributed by atoms with Crippen LogP contribution in [0.15, 0.2) is 0 Å². The maximum atomic E-state index is 12.3. The molecule has 0 aliphatic heterocycles. The number of aliphatic hydroxyl groups is 1. The number of hydrogen-bond acceptors (Lipinski definition) is 6. The summed E-state index contributed by atoms with van der Waals surface area (Å²) in [6.07, 6.45) is 17.8. The van der Waals surface area contributed by atoms with Gasteiger partial charge in [-0.2, -0.15) is 0 Å². The molecule has 0 aromatic heterocycles. The first-order valence-corrected chi connectivity index (χ1v) is 17.8. The highest BCUT2D eigenvalue weighted by atomic mass is 16.7. The average Bonchev–Trinajstić information content (AvgIpc) is 2.94. The summed E-state index contributed by atoms with van der Waals surface area (Å²) in [6, 6.07) is 0. The molecule has 3 saturated carbocycles. The van der Waals surface area contributed by atoms with E-state index in [0.717, 1.165) is 88.1 Å². The second kappa shape index (κ2) is 17.6. The van der Waals surface area contributed by atoms with E-state index < -0.39 is 11.8 Å². The van der Waals surface area contributed by atoms with Crippen LogP contribution in [0.2, 0.25) is 0 Å². The van der Waals surface area contributed by atoms with E-state index in [1.165, 1.54) is 44.9 Å². The van der Waals surface area contributed by atoms with Crippen LogP contribution in [0, 0.1) is 35.5 Å². The molecular weight excluding hydrogens is 528 g/mol. The lowest BCUT2D eigenvalue weighted by Crippen LogP contribution is -2.34. The highest BCUT2D eigenvalue weighted by Gasteiger charge is 2.36. The number of hydrogen-bond donors (Lipinski definition) is 1. The quantitative estimate of drug-likeness (QED) is 0.159. The van der Waals surface area contributed by atoms with Crippen molar-refractivity contribution in [3.63, 3.8) is 0 Å². The smallest absolute Gasteiger partial charge is 0.431 e. The summed E-state index contributed by atoms with van der Waals surface area (Å²) in [5.74, 6) is 4.41. The van der Waals surface area contributed by atoms with E-state index in [1.54, 1.807) is 0 Å². The minimum atomic E-state index is -0.522. The van der Waals surface area contributed by atoms with Crippen LogP contribution in [0.5, 0.6) is 0 Å². The Kier molecular flexibility index (Phi) is 14.9. The third-order valence-corrected chi connectivity index (χ3v) is 10.7. The average molecular weight is 595 g/mol. The summed E-state index contributed by atoms with van der Waals surface area (Å²) in [4.78, 5) is 12.3. The van der Waals surface area contributed by atoms with Gasteiger partial charge in [0.15, 0.2) is 6.29 Å². The Morgan fingerprint density at radius 2 is 1.31 bits per heavy atom. The van der Waals surface area contributed by atoms with Crippen LogP contribution in [0.3, 0.4) is 0 Å². The van der Waals surface area contributed by atoms with E-state index in [9.17, 15) is 9.90 Å². The molecule has 0 aromatic rings. The summed E-state index contributed by atoms with van der Waals surface area (Å²) in [5, 5.41) is 10.1. The topological polar surface area (TPSA) is 74.2 Å². The van der Waals surface area contributed by atoms with Crippen molar-refractivity contribution in [1.82, 2.24) is 0 Å². The summed E-state index contributed by atoms with van der Waals surface area (Å²) in [7, 11) is 0. The first-order chi connectivity index (χ1) is 20.0. The zero-order chi connectivity index (χ0) is 30.7. The molecular formula is C36H66O6. The molecule has 0 amide bonds. The highest BCUT2D eigenvalue weighted by Crippen LogP contribution is 2.45. The van der Waals surface area contributed by atoms with Crippen LogP contribution in [0.25, 0.3) is 0 Å². The minimum absolute atomic E-state index is 0.0186. The molecule has 0 bridgehead atoms. The zero-order valence-electron chi connectivity index (χ0n) is 28.3. The molecule has 246 valence electrons. The Morgan fingerprint density at radius 3 is 1.86 bits per heavy atom. The lowest BCUT2D eigenvalue weighted by molar-refractivity contribution is -0.169. The van der Waals surface area contributed by atoms with Crippen molar-refractivity contribution >= 4 is 6.16 Å². The van der Waals surface area contributed by atoms with Crippen molar-refractivity contribution in [2.75, 3.05) is 6.61 Å². The van der Waals surface area contributed by atoms with E-state index in [0.29, 0.717) is 17.9 Å². The van der Waals surface area contributed by atoms with Gasteiger partial charge >= 0.3 is 6.16 Å². The molecule has 4 unspecified atom stereocenters. The normalized spacial score (nSPS) is 32.0. The minimum Gasteiger partial charge on any atom is -0.431 e. The fourth-order valence-electron chi connectivity index (χ4n) is 8.28. The second-order valence-electron chi connectivity index (χ2n) is 15.2. The molecule has 42 heavy (non-hydrogen) atoms. The number of rotatable bonds is 14. The van der Waals surface area contributed by atoms with Crippen LogP contribution in [0.1, 0.15) is 151 Å². The summed E-state index contributed by atoms with van der Waals surface area (Å²) < 4.78 is 23.2. The predicted octanol–water partition coefficient (Wildman–Crippen LogP) is 9.45. The molecule has 6 heteroatoms. The number of carbonyl (C=O) groups excluding carboxylic acids is 1. The molecule has 3 aliphatic carbocycles. The molecule has 4 atom stereocenters. The molecule has 3 rings (SSSR count). The Morgan fingerprint density at radius 1 is 0.762 bits per heavy atom. The van der Waals surface area contributed by atoms with E-state index in [1.807, 2.05) is 27.7 Å². The van der Waals surface area contributed by atoms with Crippen LogP contribution in [0.4, 0.5) is 4.79 Å². The molecule has 0 radical (unpaired) electrons. The lowest BCUT2D eigenvalue weighted by atomic mass is 9.66. The third-order valence-electron chi connectivity index (χ3n) is 10.7. The van der Waals surface area contributed by atoms with Crippen molar-refractivity contribution in [3.05, 3.63) is 0 Å². The van der Waals surface area contributed by atoms with Gasteiger partial charge in [-0.1, -0.05) is 27.2 Å². The van der Waals surface area contributed by atoms with Gasteiger partial charge in [0.2, 0.25) is 0 Å². The van der Waals surface area contributed by atoms with E-state index in [4.69, 9.17) is 18.9 Å². The van der Waals surface area contributed by atoms with Gasteiger partial charge in [-0.15, -0.1) is 0 Å². The maximum absolute atomic E-state index is 12.3. The standard InChI is InChI=1S/C36H66O6/c1-8-22-39-26(4)40-33-18-12-29(13-19-33)27(9-2)24-31(23-25(3)28-10-16-32(37)17-11-28)30-14-20-34(21-15-30)41-35(38)42-36(5,6)7/h25-34,37H,8-24H2,1-7H3. The third kappa shape index (κ3) is 12.3. The van der Waals surface area contributed by atoms with Gasteiger partial charge in [0, 0.05) is 6.61 Å². The van der Waals surface area contributed by atoms with Crippen LogP contribution >= 0.6 is 0 Å². The monoisotopic (exact) mass is 594 g/mol. The second-order valence-corrected chi connectivity index (χ2v) is 15.2. The highest BCUT2D eigenvalue weighted by molar-refractivity contribution is 5.60. The van der Waals surface area contributed by atoms with Crippen LogP contribution in [-0.2, 0) is 18.9 Å². The Hall–Kier alpha value is -0.850. The fourth-order valence-corrected chi connectivity index (χ4v) is 8.28. The first-order valence-electron chi connectivity index (χ1n) is 17.8. The Labute approximate surface area is 258 Å². The van der Waals surface area contributed by atoms with Crippen LogP contribution < -0.4 is 0 Å². The van der Waals surface area contributed by atoms with Gasteiger partial charge in [0.1, 0.15) is 11.7 Å². The predicted molar refractivity (Wildman–Crippen MR) is 169 cm³/mol. The molecule has 0 aromatic carbocycles. The molecule has 0 heterocycles. The number of aliphatic hydroxyl groups excluding tert-OH is 1. The van der Waals surface area contributed by atoms with Gasteiger partial charge in [-0.3, -0.25) is 0 Å². The zero-order valence-corrected chi connectivity index (χ0v) is 28.3. The van der Waals surface area contributed by atoms with Gasteiger partial charge in [-0.05, 0) is 160 Å². The molecule has 1 N–H and O–H groups in total. The summed E-state index contributed by atoms with van der Waals surface area (Å²) in [5.41, 5.74) is -0.522. The maximum Gasteiger partial charge on any atom is 0.509 e. The van der Waals surface area contributed by atoms with Crippen molar-refractivity contribution in [1.29, 1.82) is 0 Å². The number of carbonyl (C=O) groups is 1. The van der Waals surface area contributed by atoms with Crippen molar-refractivity contribution in [2.45, 2.75) is 181 Å². The summed E-state index contributed by atoms with van der Waals surface area (Å²) >= 11 is 0. The van der Waals surface area contributed by atoms with Crippen molar-refractivity contribution < 1.29 is 28.8 Å². The molecule has 3 aliphatic rings. The van der Waals surface area contributed by atoms with Gasteiger partial charge in [0.05, 0.1) is 12.2 Å². The molecule has 0 saturated heterocycles. The largest absolute Gasteiger partial charge is 0.509 e.